The minimum absolute atomic E-state index is 0.271. The molecule has 0 aromatic heterocycles. The summed E-state index contributed by atoms with van der Waals surface area (Å²) >= 11 is 0. The lowest BCUT2D eigenvalue weighted by Crippen LogP contribution is -2.20. The van der Waals surface area contributed by atoms with E-state index in [2.05, 4.69) is 41.5 Å². The highest BCUT2D eigenvalue weighted by molar-refractivity contribution is 7.41. The summed E-state index contributed by atoms with van der Waals surface area (Å²) in [6.07, 6.45) is 65.0. The third kappa shape index (κ3) is 46.6. The normalized spacial score (nSPS) is 12.1. The molecular formula is C57H117O3P. The molecule has 0 aromatic carbocycles. The SMILES string of the molecule is CCCCCCCCCC(CCCCCCCCC)OP(OC(CCCCCCCCC)CCCCCCCCC)OC(CCCCCCCCC)CCCCCCCCC. The molecule has 0 aliphatic rings. The largest absolute Gasteiger partial charge is 0.333 e. The first-order valence-corrected chi connectivity index (χ1v) is 30.0. The maximum atomic E-state index is 7.31. The Kier molecular flexibility index (Phi) is 53.2. The first kappa shape index (κ1) is 61.3. The van der Waals surface area contributed by atoms with Crippen molar-refractivity contribution >= 4 is 8.60 Å². The Hall–Kier alpha value is 0.310. The zero-order valence-corrected chi connectivity index (χ0v) is 44.2. The second-order valence-corrected chi connectivity index (χ2v) is 20.9. The summed E-state index contributed by atoms with van der Waals surface area (Å²) in [5.74, 6) is 0. The van der Waals surface area contributed by atoms with Gasteiger partial charge in [0.1, 0.15) is 0 Å². The average molecular weight is 882 g/mol. The Morgan fingerprint density at radius 3 is 0.475 bits per heavy atom. The molecule has 61 heavy (non-hydrogen) atoms. The fourth-order valence-corrected chi connectivity index (χ4v) is 10.7. The van der Waals surface area contributed by atoms with E-state index in [0.29, 0.717) is 0 Å². The van der Waals surface area contributed by atoms with E-state index in [1.54, 1.807) is 0 Å². The van der Waals surface area contributed by atoms with Gasteiger partial charge < -0.3 is 13.6 Å². The van der Waals surface area contributed by atoms with Crippen LogP contribution in [0.3, 0.4) is 0 Å². The van der Waals surface area contributed by atoms with Gasteiger partial charge in [0.25, 0.3) is 0 Å². The van der Waals surface area contributed by atoms with Crippen LogP contribution in [0, 0.1) is 0 Å². The molecule has 0 atom stereocenters. The van der Waals surface area contributed by atoms with Crippen molar-refractivity contribution in [3.8, 4) is 0 Å². The monoisotopic (exact) mass is 881 g/mol. The molecule has 3 nitrogen and oxygen atoms in total. The fraction of sp³-hybridized carbons (Fsp3) is 1.00. The maximum Gasteiger partial charge on any atom is 0.333 e. The van der Waals surface area contributed by atoms with Crippen LogP contribution in [-0.2, 0) is 13.6 Å². The van der Waals surface area contributed by atoms with Crippen LogP contribution in [0.5, 0.6) is 0 Å². The highest BCUT2D eigenvalue weighted by atomic mass is 31.2. The molecule has 0 unspecified atom stereocenters. The second kappa shape index (κ2) is 52.9. The van der Waals surface area contributed by atoms with Crippen molar-refractivity contribution in [1.29, 1.82) is 0 Å². The molecule has 368 valence electrons. The standard InChI is InChI=1S/C57H117O3P/c1-7-13-19-25-31-37-43-49-55(50-44-38-32-26-20-14-8-2)58-61(59-56(51-45-39-33-27-21-15-9-3)52-46-40-34-28-22-16-10-4)60-57(53-47-41-35-29-23-17-11-5)54-48-42-36-30-24-18-12-6/h55-57H,7-54H2,1-6H3. The molecule has 0 rings (SSSR count). The first-order valence-electron chi connectivity index (χ1n) is 28.9. The fourth-order valence-electron chi connectivity index (χ4n) is 9.16. The molecule has 0 N–H and O–H groups in total. The summed E-state index contributed by atoms with van der Waals surface area (Å²) < 4.78 is 21.9. The van der Waals surface area contributed by atoms with Crippen LogP contribution in [-0.4, -0.2) is 18.3 Å². The van der Waals surface area contributed by atoms with E-state index in [0.717, 1.165) is 0 Å². The van der Waals surface area contributed by atoms with Crippen LogP contribution in [0.2, 0.25) is 0 Å². The van der Waals surface area contributed by atoms with E-state index >= 15 is 0 Å². The Balaban J connectivity index is 6.11. The van der Waals surface area contributed by atoms with Crippen LogP contribution in [0.4, 0.5) is 0 Å². The van der Waals surface area contributed by atoms with Gasteiger partial charge in [-0.05, 0) is 38.5 Å². The van der Waals surface area contributed by atoms with Gasteiger partial charge in [0.2, 0.25) is 0 Å². The van der Waals surface area contributed by atoms with Crippen molar-refractivity contribution in [1.82, 2.24) is 0 Å². The van der Waals surface area contributed by atoms with E-state index in [9.17, 15) is 0 Å². The van der Waals surface area contributed by atoms with Gasteiger partial charge >= 0.3 is 8.60 Å². The Labute approximate surface area is 388 Å². The summed E-state index contributed by atoms with van der Waals surface area (Å²) in [5, 5.41) is 0. The zero-order valence-electron chi connectivity index (χ0n) is 43.3. The summed E-state index contributed by atoms with van der Waals surface area (Å²) in [4.78, 5) is 0. The minimum atomic E-state index is -1.37. The van der Waals surface area contributed by atoms with Crippen molar-refractivity contribution in [3.63, 3.8) is 0 Å². The van der Waals surface area contributed by atoms with Crippen LogP contribution in [0.15, 0.2) is 0 Å². The molecule has 0 radical (unpaired) electrons. The molecule has 0 aliphatic heterocycles. The van der Waals surface area contributed by atoms with E-state index < -0.39 is 8.60 Å². The van der Waals surface area contributed by atoms with Crippen LogP contribution < -0.4 is 0 Å². The predicted octanol–water partition coefficient (Wildman–Crippen LogP) is 22.2. The minimum Gasteiger partial charge on any atom is -0.309 e. The lowest BCUT2D eigenvalue weighted by Gasteiger charge is -2.30. The summed E-state index contributed by atoms with van der Waals surface area (Å²) in [6, 6.07) is 0. The summed E-state index contributed by atoms with van der Waals surface area (Å²) in [5.41, 5.74) is 0. The highest BCUT2D eigenvalue weighted by Crippen LogP contribution is 2.48. The Bertz CT molecular complexity index is 624. The van der Waals surface area contributed by atoms with Gasteiger partial charge in [0, 0.05) is 0 Å². The molecule has 0 aromatic rings. The first-order chi connectivity index (χ1) is 30.1. The molecule has 0 heterocycles. The molecule has 0 saturated heterocycles. The molecule has 4 heteroatoms. The van der Waals surface area contributed by atoms with E-state index in [-0.39, 0.29) is 18.3 Å². The molecular weight excluding hydrogens is 764 g/mol. The molecule has 0 aliphatic carbocycles. The zero-order chi connectivity index (χ0) is 44.4. The van der Waals surface area contributed by atoms with Crippen molar-refractivity contribution in [2.75, 3.05) is 0 Å². The molecule has 0 bridgehead atoms. The summed E-state index contributed by atoms with van der Waals surface area (Å²) in [6.45, 7) is 14.0. The highest BCUT2D eigenvalue weighted by Gasteiger charge is 2.27. The third-order valence-corrected chi connectivity index (χ3v) is 14.9. The molecule has 0 spiro atoms. The summed E-state index contributed by atoms with van der Waals surface area (Å²) in [7, 11) is -1.37. The van der Waals surface area contributed by atoms with Gasteiger partial charge in [-0.1, -0.05) is 311 Å². The number of unbranched alkanes of at least 4 members (excludes halogenated alkanes) is 36. The number of hydrogen-bond acceptors (Lipinski definition) is 3. The van der Waals surface area contributed by atoms with Gasteiger partial charge in [-0.2, -0.15) is 0 Å². The quantitative estimate of drug-likeness (QED) is 0.0450. The number of rotatable bonds is 54. The smallest absolute Gasteiger partial charge is 0.309 e. The predicted molar refractivity (Wildman–Crippen MR) is 277 cm³/mol. The van der Waals surface area contributed by atoms with Gasteiger partial charge in [0.05, 0.1) is 18.3 Å². The van der Waals surface area contributed by atoms with Crippen molar-refractivity contribution in [2.45, 2.75) is 368 Å². The van der Waals surface area contributed by atoms with Crippen molar-refractivity contribution in [2.24, 2.45) is 0 Å². The Morgan fingerprint density at radius 2 is 0.328 bits per heavy atom. The van der Waals surface area contributed by atoms with Gasteiger partial charge in [0.15, 0.2) is 0 Å². The topological polar surface area (TPSA) is 27.7 Å². The Morgan fingerprint density at radius 1 is 0.197 bits per heavy atom. The van der Waals surface area contributed by atoms with E-state index in [4.69, 9.17) is 13.6 Å². The lowest BCUT2D eigenvalue weighted by atomic mass is 10.0. The van der Waals surface area contributed by atoms with E-state index in [1.165, 1.54) is 308 Å². The second-order valence-electron chi connectivity index (χ2n) is 19.9. The number of hydrogen-bond donors (Lipinski definition) is 0. The van der Waals surface area contributed by atoms with Crippen LogP contribution in [0.1, 0.15) is 350 Å². The van der Waals surface area contributed by atoms with Gasteiger partial charge in [-0.3, -0.25) is 0 Å². The van der Waals surface area contributed by atoms with Crippen LogP contribution in [0.25, 0.3) is 0 Å². The van der Waals surface area contributed by atoms with Gasteiger partial charge in [-0.25, -0.2) is 0 Å². The average Bonchev–Trinajstić information content (AvgIpc) is 3.26. The van der Waals surface area contributed by atoms with Gasteiger partial charge in [-0.15, -0.1) is 0 Å². The third-order valence-electron chi connectivity index (χ3n) is 13.5. The van der Waals surface area contributed by atoms with Crippen LogP contribution >= 0.6 is 8.60 Å². The lowest BCUT2D eigenvalue weighted by molar-refractivity contribution is 0.0467. The van der Waals surface area contributed by atoms with Crippen molar-refractivity contribution < 1.29 is 13.6 Å². The maximum absolute atomic E-state index is 7.31. The molecule has 0 fully saturated rings. The van der Waals surface area contributed by atoms with E-state index in [1.807, 2.05) is 0 Å². The van der Waals surface area contributed by atoms with Crippen molar-refractivity contribution in [3.05, 3.63) is 0 Å². The molecule has 0 saturated carbocycles. The molecule has 0 amide bonds.